The number of methoxy groups -OCH3 is 1. The maximum absolute atomic E-state index is 12.4. The van der Waals surface area contributed by atoms with Gasteiger partial charge in [0.25, 0.3) is 0 Å². The zero-order valence-electron chi connectivity index (χ0n) is 11.9. The van der Waals surface area contributed by atoms with Gasteiger partial charge in [-0.25, -0.2) is 0 Å². The second-order valence-corrected chi connectivity index (χ2v) is 5.13. The Morgan fingerprint density at radius 1 is 1.14 bits per heavy atom. The van der Waals surface area contributed by atoms with Gasteiger partial charge in [-0.2, -0.15) is 0 Å². The second kappa shape index (κ2) is 5.99. The van der Waals surface area contributed by atoms with Crippen molar-refractivity contribution in [2.45, 2.75) is 19.3 Å². The average Bonchev–Trinajstić information content (AvgIpc) is 2.46. The maximum Gasteiger partial charge on any atom is 0.316 e. The molecule has 21 heavy (non-hydrogen) atoms. The zero-order chi connectivity index (χ0) is 15.6. The molecule has 0 amide bonds. The first-order valence-electron chi connectivity index (χ1n) is 6.67. The third-order valence-electron chi connectivity index (χ3n) is 3.83. The van der Waals surface area contributed by atoms with Crippen molar-refractivity contribution in [3.05, 3.63) is 35.9 Å². The predicted octanol–water partition coefficient (Wildman–Crippen LogP) is 1.31. The highest BCUT2D eigenvalue weighted by Crippen LogP contribution is 2.37. The highest BCUT2D eigenvalue weighted by Gasteiger charge is 2.49. The van der Waals surface area contributed by atoms with E-state index in [-0.39, 0.29) is 6.42 Å². The molecular weight excluding hydrogens is 272 g/mol. The first-order valence-corrected chi connectivity index (χ1v) is 6.67. The highest BCUT2D eigenvalue weighted by atomic mass is 16.5. The average molecular weight is 288 g/mol. The minimum atomic E-state index is -1.34. The SMILES string of the molecule is COC(=O)[C@@H]1C(=O)[C@H](C(C)=O)C(=O)C[C@H]1c1ccccc1. The zero-order valence-corrected chi connectivity index (χ0v) is 11.9. The van der Waals surface area contributed by atoms with Gasteiger partial charge < -0.3 is 4.74 Å². The molecule has 1 aliphatic carbocycles. The lowest BCUT2D eigenvalue weighted by Gasteiger charge is -2.31. The molecule has 110 valence electrons. The summed E-state index contributed by atoms with van der Waals surface area (Å²) in [6.07, 6.45) is -0.0141. The van der Waals surface area contributed by atoms with Crippen molar-refractivity contribution < 1.29 is 23.9 Å². The molecule has 0 radical (unpaired) electrons. The summed E-state index contributed by atoms with van der Waals surface area (Å²) >= 11 is 0. The minimum absolute atomic E-state index is 0.0141. The van der Waals surface area contributed by atoms with Crippen LogP contribution in [0.4, 0.5) is 0 Å². The molecular formula is C16H16O5. The van der Waals surface area contributed by atoms with Gasteiger partial charge in [0.2, 0.25) is 0 Å². The fraction of sp³-hybridized carbons (Fsp3) is 0.375. The molecule has 1 fully saturated rings. The summed E-state index contributed by atoms with van der Waals surface area (Å²) in [5, 5.41) is 0. The highest BCUT2D eigenvalue weighted by molar-refractivity contribution is 6.24. The van der Waals surface area contributed by atoms with Crippen molar-refractivity contribution in [3.8, 4) is 0 Å². The molecule has 2 rings (SSSR count). The van der Waals surface area contributed by atoms with E-state index in [9.17, 15) is 19.2 Å². The summed E-state index contributed by atoms with van der Waals surface area (Å²) in [6.45, 7) is 1.19. The quantitative estimate of drug-likeness (QED) is 0.619. The molecule has 1 aromatic rings. The van der Waals surface area contributed by atoms with Gasteiger partial charge >= 0.3 is 5.97 Å². The van der Waals surface area contributed by atoms with Crippen LogP contribution in [0.25, 0.3) is 0 Å². The summed E-state index contributed by atoms with van der Waals surface area (Å²) in [7, 11) is 1.19. The van der Waals surface area contributed by atoms with Crippen LogP contribution in [0.3, 0.4) is 0 Å². The second-order valence-electron chi connectivity index (χ2n) is 5.13. The molecule has 1 saturated carbocycles. The Balaban J connectivity index is 2.45. The Morgan fingerprint density at radius 3 is 2.29 bits per heavy atom. The molecule has 0 unspecified atom stereocenters. The molecule has 0 spiro atoms. The molecule has 0 saturated heterocycles. The van der Waals surface area contributed by atoms with Crippen LogP contribution in [-0.2, 0) is 23.9 Å². The van der Waals surface area contributed by atoms with Gasteiger partial charge in [0.1, 0.15) is 17.6 Å². The number of ketones is 3. The van der Waals surface area contributed by atoms with Crippen LogP contribution < -0.4 is 0 Å². The van der Waals surface area contributed by atoms with E-state index >= 15 is 0 Å². The fourth-order valence-electron chi connectivity index (χ4n) is 2.83. The van der Waals surface area contributed by atoms with Crippen molar-refractivity contribution in [2.75, 3.05) is 7.11 Å². The third kappa shape index (κ3) is 2.77. The molecule has 0 bridgehead atoms. The van der Waals surface area contributed by atoms with E-state index in [0.29, 0.717) is 0 Å². The molecule has 0 N–H and O–H groups in total. The molecule has 3 atom stereocenters. The smallest absolute Gasteiger partial charge is 0.316 e. The lowest BCUT2D eigenvalue weighted by Crippen LogP contribution is -2.46. The molecule has 5 heteroatoms. The summed E-state index contributed by atoms with van der Waals surface area (Å²) in [6, 6.07) is 8.87. The van der Waals surface area contributed by atoms with Crippen LogP contribution in [0.15, 0.2) is 30.3 Å². The summed E-state index contributed by atoms with van der Waals surface area (Å²) in [5.74, 6) is -5.33. The molecule has 0 heterocycles. The first-order chi connectivity index (χ1) is 9.97. The Kier molecular flexibility index (Phi) is 4.31. The van der Waals surface area contributed by atoms with Crippen molar-refractivity contribution in [1.82, 2.24) is 0 Å². The molecule has 0 aromatic heterocycles. The summed E-state index contributed by atoms with van der Waals surface area (Å²) < 4.78 is 4.69. The van der Waals surface area contributed by atoms with E-state index in [1.54, 1.807) is 24.3 Å². The Hall–Kier alpha value is -2.30. The van der Waals surface area contributed by atoms with Crippen LogP contribution in [0.1, 0.15) is 24.8 Å². The van der Waals surface area contributed by atoms with E-state index in [1.165, 1.54) is 14.0 Å². The Labute approximate surface area is 122 Å². The molecule has 0 aliphatic heterocycles. The van der Waals surface area contributed by atoms with Gasteiger partial charge in [-0.3, -0.25) is 19.2 Å². The number of ether oxygens (including phenoxy) is 1. The minimum Gasteiger partial charge on any atom is -0.468 e. The third-order valence-corrected chi connectivity index (χ3v) is 3.83. The summed E-state index contributed by atoms with van der Waals surface area (Å²) in [4.78, 5) is 48.0. The maximum atomic E-state index is 12.4. The summed E-state index contributed by atoms with van der Waals surface area (Å²) in [5.41, 5.74) is 0.719. The first kappa shape index (κ1) is 15.1. The van der Waals surface area contributed by atoms with E-state index in [0.717, 1.165) is 5.56 Å². The largest absolute Gasteiger partial charge is 0.468 e. The fourth-order valence-corrected chi connectivity index (χ4v) is 2.83. The Morgan fingerprint density at radius 2 is 1.76 bits per heavy atom. The number of carbonyl (C=O) groups excluding carboxylic acids is 4. The van der Waals surface area contributed by atoms with Crippen LogP contribution >= 0.6 is 0 Å². The number of rotatable bonds is 3. The van der Waals surface area contributed by atoms with E-state index in [1.807, 2.05) is 6.07 Å². The normalized spacial score (nSPS) is 25.5. The van der Waals surface area contributed by atoms with Crippen LogP contribution in [0, 0.1) is 11.8 Å². The number of benzene rings is 1. The van der Waals surface area contributed by atoms with Crippen molar-refractivity contribution in [2.24, 2.45) is 11.8 Å². The number of hydrogen-bond donors (Lipinski definition) is 0. The lowest BCUT2D eigenvalue weighted by molar-refractivity contribution is -0.155. The van der Waals surface area contributed by atoms with Gasteiger partial charge in [-0.15, -0.1) is 0 Å². The van der Waals surface area contributed by atoms with Gasteiger partial charge in [0.15, 0.2) is 11.6 Å². The predicted molar refractivity (Wildman–Crippen MR) is 73.5 cm³/mol. The van der Waals surface area contributed by atoms with Gasteiger partial charge in [-0.1, -0.05) is 30.3 Å². The monoisotopic (exact) mass is 288 g/mol. The van der Waals surface area contributed by atoms with E-state index in [4.69, 9.17) is 4.74 Å². The number of hydrogen-bond acceptors (Lipinski definition) is 5. The van der Waals surface area contributed by atoms with Gasteiger partial charge in [-0.05, 0) is 12.5 Å². The van der Waals surface area contributed by atoms with Gasteiger partial charge in [0, 0.05) is 12.3 Å². The van der Waals surface area contributed by atoms with Crippen molar-refractivity contribution >= 4 is 23.3 Å². The van der Waals surface area contributed by atoms with Crippen LogP contribution in [0.5, 0.6) is 0 Å². The van der Waals surface area contributed by atoms with Gasteiger partial charge in [0.05, 0.1) is 7.11 Å². The van der Waals surface area contributed by atoms with E-state index in [2.05, 4.69) is 0 Å². The lowest BCUT2D eigenvalue weighted by atomic mass is 9.68. The Bertz CT molecular complexity index is 590. The number of Topliss-reactive ketones (excluding diaryl/α,β-unsaturated/α-hetero) is 3. The number of esters is 1. The molecule has 1 aliphatic rings. The standard InChI is InChI=1S/C16H16O5/c1-9(17)13-12(18)8-11(10-6-4-3-5-7-10)14(15(13)19)16(20)21-2/h3-7,11,13-14H,8H2,1-2H3/t11-,13+,14-/m0/s1. The molecule has 1 aromatic carbocycles. The number of carbonyl (C=O) groups is 4. The molecule has 5 nitrogen and oxygen atoms in total. The van der Waals surface area contributed by atoms with Crippen molar-refractivity contribution in [1.29, 1.82) is 0 Å². The van der Waals surface area contributed by atoms with Crippen LogP contribution in [0.2, 0.25) is 0 Å². The van der Waals surface area contributed by atoms with Crippen LogP contribution in [-0.4, -0.2) is 30.4 Å². The van der Waals surface area contributed by atoms with Crippen molar-refractivity contribution in [3.63, 3.8) is 0 Å². The topological polar surface area (TPSA) is 77.5 Å². The van der Waals surface area contributed by atoms with E-state index < -0.39 is 41.1 Å².